The Labute approximate surface area is 93.1 Å². The summed E-state index contributed by atoms with van der Waals surface area (Å²) in [5, 5.41) is 0.369. The minimum atomic E-state index is -0.596. The first-order valence-corrected chi connectivity index (χ1v) is 5.13. The van der Waals surface area contributed by atoms with Gasteiger partial charge in [0.05, 0.1) is 5.52 Å². The number of rotatable bonds is 0. The largest absolute Gasteiger partial charge is 0.256 e. The molecule has 1 nitrogen and oxygen atoms in total. The van der Waals surface area contributed by atoms with E-state index in [-0.39, 0.29) is 5.41 Å². The number of hydrogen-bond donors (Lipinski definition) is 0. The summed E-state index contributed by atoms with van der Waals surface area (Å²) < 4.78 is 26.5. The molecule has 0 aliphatic rings. The highest BCUT2D eigenvalue weighted by atomic mass is 19.1. The lowest BCUT2D eigenvalue weighted by molar-refractivity contribution is 0.583. The molecule has 16 heavy (non-hydrogen) atoms. The first-order chi connectivity index (χ1) is 7.38. The van der Waals surface area contributed by atoms with Crippen LogP contribution in [0.3, 0.4) is 0 Å². The Morgan fingerprint density at radius 2 is 1.75 bits per heavy atom. The van der Waals surface area contributed by atoms with E-state index in [1.807, 2.05) is 20.8 Å². The molecule has 0 fully saturated rings. The van der Waals surface area contributed by atoms with Crippen molar-refractivity contribution in [1.29, 1.82) is 0 Å². The van der Waals surface area contributed by atoms with E-state index in [9.17, 15) is 8.78 Å². The number of aromatic nitrogens is 1. The molecule has 0 unspecified atom stereocenters. The van der Waals surface area contributed by atoms with E-state index in [2.05, 4.69) is 4.98 Å². The van der Waals surface area contributed by atoms with Crippen molar-refractivity contribution in [2.24, 2.45) is 0 Å². The van der Waals surface area contributed by atoms with Gasteiger partial charge in [0.2, 0.25) is 0 Å². The zero-order chi connectivity index (χ0) is 11.9. The highest BCUT2D eigenvalue weighted by molar-refractivity contribution is 5.79. The van der Waals surface area contributed by atoms with E-state index in [1.54, 1.807) is 12.3 Å². The van der Waals surface area contributed by atoms with Crippen molar-refractivity contribution >= 4 is 10.9 Å². The van der Waals surface area contributed by atoms with Crippen LogP contribution < -0.4 is 0 Å². The number of nitrogens with zero attached hydrogens (tertiary/aromatic N) is 1. The number of hydrogen-bond acceptors (Lipinski definition) is 1. The van der Waals surface area contributed by atoms with Crippen molar-refractivity contribution in [2.75, 3.05) is 0 Å². The van der Waals surface area contributed by atoms with E-state index in [0.717, 1.165) is 11.6 Å². The molecule has 3 heteroatoms. The third-order valence-electron chi connectivity index (χ3n) is 2.58. The first kappa shape index (κ1) is 11.0. The molecule has 0 spiro atoms. The molecule has 2 aromatic rings. The number of halogens is 2. The summed E-state index contributed by atoms with van der Waals surface area (Å²) in [6, 6.07) is 3.86. The molecule has 0 amide bonds. The van der Waals surface area contributed by atoms with E-state index in [0.29, 0.717) is 10.9 Å². The predicted molar refractivity (Wildman–Crippen MR) is 60.4 cm³/mol. The lowest BCUT2D eigenvalue weighted by atomic mass is 9.87. The molecule has 0 bridgehead atoms. The monoisotopic (exact) mass is 221 g/mol. The number of fused-ring (bicyclic) bond motifs is 1. The summed E-state index contributed by atoms with van der Waals surface area (Å²) in [6.45, 7) is 6.08. The zero-order valence-corrected chi connectivity index (χ0v) is 9.51. The molecular weight excluding hydrogens is 208 g/mol. The van der Waals surface area contributed by atoms with Gasteiger partial charge < -0.3 is 0 Å². The molecule has 0 radical (unpaired) electrons. The Bertz CT molecular complexity index is 541. The van der Waals surface area contributed by atoms with Gasteiger partial charge in [-0.1, -0.05) is 20.8 Å². The molecule has 0 aliphatic heterocycles. The maximum absolute atomic E-state index is 13.5. The normalized spacial score (nSPS) is 12.1. The summed E-state index contributed by atoms with van der Waals surface area (Å²) in [6.07, 6.45) is 1.67. The summed E-state index contributed by atoms with van der Waals surface area (Å²) >= 11 is 0. The van der Waals surface area contributed by atoms with Crippen molar-refractivity contribution < 1.29 is 8.78 Å². The smallest absolute Gasteiger partial charge is 0.135 e. The quantitative estimate of drug-likeness (QED) is 0.659. The van der Waals surface area contributed by atoms with Crippen molar-refractivity contribution in [2.45, 2.75) is 26.2 Å². The Balaban J connectivity index is 2.72. The first-order valence-electron chi connectivity index (χ1n) is 5.13. The van der Waals surface area contributed by atoms with Crippen LogP contribution in [0.4, 0.5) is 8.78 Å². The maximum atomic E-state index is 13.5. The molecule has 1 aromatic heterocycles. The highest BCUT2D eigenvalue weighted by Gasteiger charge is 2.15. The Kier molecular flexibility index (Phi) is 2.41. The fourth-order valence-electron chi connectivity index (χ4n) is 1.56. The average molecular weight is 221 g/mol. The summed E-state index contributed by atoms with van der Waals surface area (Å²) in [5.41, 5.74) is 1.19. The molecule has 84 valence electrons. The van der Waals surface area contributed by atoms with Crippen LogP contribution in [-0.2, 0) is 5.41 Å². The second-order valence-electron chi connectivity index (χ2n) is 4.93. The number of benzene rings is 1. The minimum absolute atomic E-state index is 0.0952. The van der Waals surface area contributed by atoms with Crippen LogP contribution in [0, 0.1) is 11.6 Å². The fourth-order valence-corrected chi connectivity index (χ4v) is 1.56. The second-order valence-corrected chi connectivity index (χ2v) is 4.93. The molecule has 0 saturated heterocycles. The van der Waals surface area contributed by atoms with E-state index in [4.69, 9.17) is 0 Å². The molecule has 0 aliphatic carbocycles. The van der Waals surface area contributed by atoms with Gasteiger partial charge in [0.15, 0.2) is 0 Å². The van der Waals surface area contributed by atoms with Gasteiger partial charge in [0, 0.05) is 23.7 Å². The second kappa shape index (κ2) is 3.51. The lowest BCUT2D eigenvalue weighted by Crippen LogP contribution is -2.11. The third kappa shape index (κ3) is 1.90. The zero-order valence-electron chi connectivity index (χ0n) is 9.51. The van der Waals surface area contributed by atoms with Crippen molar-refractivity contribution in [3.8, 4) is 0 Å². The van der Waals surface area contributed by atoms with Crippen LogP contribution in [0.2, 0.25) is 0 Å². The standard InChI is InChI=1S/C13H13F2N/c1-13(2,3)8-4-10-11(15)5-9(14)6-12(10)16-7-8/h4-7H,1-3H3. The van der Waals surface area contributed by atoms with Crippen molar-refractivity contribution in [3.63, 3.8) is 0 Å². The summed E-state index contributed by atoms with van der Waals surface area (Å²) in [7, 11) is 0. The van der Waals surface area contributed by atoms with Crippen LogP contribution in [0.5, 0.6) is 0 Å². The number of pyridine rings is 1. The average Bonchev–Trinajstić information content (AvgIpc) is 2.15. The SMILES string of the molecule is CC(C)(C)c1cnc2cc(F)cc(F)c2c1. The van der Waals surface area contributed by atoms with Gasteiger partial charge in [-0.3, -0.25) is 4.98 Å². The van der Waals surface area contributed by atoms with E-state index >= 15 is 0 Å². The maximum Gasteiger partial charge on any atom is 0.135 e. The van der Waals surface area contributed by atoms with E-state index in [1.165, 1.54) is 6.07 Å². The molecule has 2 rings (SSSR count). The predicted octanol–water partition coefficient (Wildman–Crippen LogP) is 3.81. The van der Waals surface area contributed by atoms with Crippen LogP contribution in [-0.4, -0.2) is 4.98 Å². The van der Waals surface area contributed by atoms with Gasteiger partial charge >= 0.3 is 0 Å². The highest BCUT2D eigenvalue weighted by Crippen LogP contribution is 2.26. The van der Waals surface area contributed by atoms with Gasteiger partial charge in [0.25, 0.3) is 0 Å². The Morgan fingerprint density at radius 1 is 1.06 bits per heavy atom. The van der Waals surface area contributed by atoms with Crippen molar-refractivity contribution in [1.82, 2.24) is 4.98 Å². The Morgan fingerprint density at radius 3 is 2.38 bits per heavy atom. The van der Waals surface area contributed by atoms with Gasteiger partial charge in [-0.25, -0.2) is 8.78 Å². The fraction of sp³-hybridized carbons (Fsp3) is 0.308. The van der Waals surface area contributed by atoms with Crippen LogP contribution >= 0.6 is 0 Å². The minimum Gasteiger partial charge on any atom is -0.256 e. The third-order valence-corrected chi connectivity index (χ3v) is 2.58. The van der Waals surface area contributed by atoms with Gasteiger partial charge in [0.1, 0.15) is 11.6 Å². The molecule has 0 saturated carbocycles. The van der Waals surface area contributed by atoms with Gasteiger partial charge in [-0.2, -0.15) is 0 Å². The van der Waals surface area contributed by atoms with E-state index < -0.39 is 11.6 Å². The van der Waals surface area contributed by atoms with Crippen LogP contribution in [0.25, 0.3) is 10.9 Å². The topological polar surface area (TPSA) is 12.9 Å². The van der Waals surface area contributed by atoms with Crippen molar-refractivity contribution in [3.05, 3.63) is 41.6 Å². The lowest BCUT2D eigenvalue weighted by Gasteiger charge is -2.18. The molecular formula is C13H13F2N. The Hall–Kier alpha value is -1.51. The summed E-state index contributed by atoms with van der Waals surface area (Å²) in [4.78, 5) is 4.09. The summed E-state index contributed by atoms with van der Waals surface area (Å²) in [5.74, 6) is -1.16. The van der Waals surface area contributed by atoms with Gasteiger partial charge in [-0.15, -0.1) is 0 Å². The molecule has 1 heterocycles. The molecule has 0 atom stereocenters. The van der Waals surface area contributed by atoms with Crippen LogP contribution in [0.15, 0.2) is 24.4 Å². The van der Waals surface area contributed by atoms with Crippen LogP contribution in [0.1, 0.15) is 26.3 Å². The molecule has 0 N–H and O–H groups in total. The van der Waals surface area contributed by atoms with Gasteiger partial charge in [-0.05, 0) is 17.0 Å². The molecule has 1 aromatic carbocycles.